The van der Waals surface area contributed by atoms with Gasteiger partial charge in [-0.2, -0.15) is 0 Å². The minimum atomic E-state index is -0.556. The molecule has 1 N–H and O–H groups in total. The summed E-state index contributed by atoms with van der Waals surface area (Å²) in [5.74, 6) is 0.134. The maximum atomic E-state index is 14.8. The molecule has 1 fully saturated rings. The molecule has 0 radical (unpaired) electrons. The first-order valence-corrected chi connectivity index (χ1v) is 11.4. The van der Waals surface area contributed by atoms with E-state index in [1.807, 2.05) is 24.3 Å². The van der Waals surface area contributed by atoms with E-state index in [0.717, 1.165) is 21.2 Å². The third kappa shape index (κ3) is 5.20. The first-order chi connectivity index (χ1) is 15.0. The molecule has 2 heterocycles. The lowest BCUT2D eigenvalue weighted by atomic mass is 10.0. The zero-order valence-corrected chi connectivity index (χ0v) is 18.2. The highest BCUT2D eigenvalue weighted by molar-refractivity contribution is 8.00. The van der Waals surface area contributed by atoms with Gasteiger partial charge in [0.25, 0.3) is 0 Å². The lowest BCUT2D eigenvalue weighted by Crippen LogP contribution is -2.33. The maximum absolute atomic E-state index is 14.8. The molecule has 0 aliphatic carbocycles. The molecule has 31 heavy (non-hydrogen) atoms. The molecular weight excluding hydrogens is 439 g/mol. The third-order valence-electron chi connectivity index (χ3n) is 4.68. The highest BCUT2D eigenvalue weighted by Gasteiger charge is 2.32. The molecule has 2 amide bonds. The van der Waals surface area contributed by atoms with Gasteiger partial charge in [-0.1, -0.05) is 47.4 Å². The summed E-state index contributed by atoms with van der Waals surface area (Å²) in [5, 5.41) is 10.4. The van der Waals surface area contributed by atoms with Crippen LogP contribution in [-0.2, 0) is 15.3 Å². The zero-order chi connectivity index (χ0) is 21.8. The van der Waals surface area contributed by atoms with Crippen LogP contribution in [0.15, 0.2) is 52.3 Å². The van der Waals surface area contributed by atoms with Crippen molar-refractivity contribution in [1.29, 1.82) is 0 Å². The van der Waals surface area contributed by atoms with Crippen LogP contribution < -0.4 is 10.2 Å². The number of amides is 2. The summed E-state index contributed by atoms with van der Waals surface area (Å²) in [6, 6.07) is 12.4. The number of carbonyl (C=O) groups excluding carboxylic acids is 2. The molecule has 1 aromatic heterocycles. The van der Waals surface area contributed by atoms with E-state index in [1.54, 1.807) is 29.4 Å². The number of thioether (sulfide) groups is 1. The van der Waals surface area contributed by atoms with E-state index in [9.17, 15) is 14.0 Å². The van der Waals surface area contributed by atoms with Crippen LogP contribution >= 0.6 is 23.1 Å². The summed E-state index contributed by atoms with van der Waals surface area (Å²) in [4.78, 5) is 24.5. The Morgan fingerprint density at radius 3 is 2.81 bits per heavy atom. The lowest BCUT2D eigenvalue weighted by molar-refractivity contribution is -0.119. The number of cyclic esters (lactones) is 1. The van der Waals surface area contributed by atoms with E-state index >= 15 is 0 Å². The molecule has 7 nitrogen and oxygen atoms in total. The van der Waals surface area contributed by atoms with Gasteiger partial charge in [-0.05, 0) is 29.3 Å². The molecule has 10 heteroatoms. The number of aromatic nitrogens is 2. The Hall–Kier alpha value is -2.98. The summed E-state index contributed by atoms with van der Waals surface area (Å²) in [5.41, 5.74) is 4.42. The summed E-state index contributed by atoms with van der Waals surface area (Å²) >= 11 is 3.10. The number of halogens is 1. The number of hydrogen-bond acceptors (Lipinski definition) is 7. The molecule has 1 atom stereocenters. The van der Waals surface area contributed by atoms with Crippen molar-refractivity contribution in [3.8, 4) is 11.1 Å². The van der Waals surface area contributed by atoms with Crippen LogP contribution in [0.4, 0.5) is 14.9 Å². The summed E-state index contributed by atoms with van der Waals surface area (Å²) in [6.45, 7) is 1.87. The quantitative estimate of drug-likeness (QED) is 0.537. The second kappa shape index (κ2) is 9.44. The smallest absolute Gasteiger partial charge is 0.414 e. The van der Waals surface area contributed by atoms with Gasteiger partial charge in [-0.3, -0.25) is 9.69 Å². The van der Waals surface area contributed by atoms with Crippen molar-refractivity contribution in [1.82, 2.24) is 15.5 Å². The molecule has 1 aliphatic heterocycles. The minimum absolute atomic E-state index is 0.199. The molecule has 0 saturated carbocycles. The number of carbonyl (C=O) groups is 2. The molecule has 1 unspecified atom stereocenters. The van der Waals surface area contributed by atoms with Crippen LogP contribution in [0.1, 0.15) is 12.5 Å². The second-order valence-electron chi connectivity index (χ2n) is 6.91. The maximum Gasteiger partial charge on any atom is 0.414 e. The summed E-state index contributed by atoms with van der Waals surface area (Å²) in [6.07, 6.45) is -1.02. The van der Waals surface area contributed by atoms with Gasteiger partial charge in [-0.15, -0.1) is 10.2 Å². The fourth-order valence-electron chi connectivity index (χ4n) is 3.15. The predicted molar refractivity (Wildman–Crippen MR) is 118 cm³/mol. The number of nitrogens with zero attached hydrogens (tertiary/aromatic N) is 3. The van der Waals surface area contributed by atoms with Crippen molar-refractivity contribution in [2.75, 3.05) is 18.0 Å². The first kappa shape index (κ1) is 21.3. The van der Waals surface area contributed by atoms with E-state index in [4.69, 9.17) is 4.74 Å². The third-order valence-corrected chi connectivity index (χ3v) is 6.62. The number of rotatable bonds is 7. The number of anilines is 1. The van der Waals surface area contributed by atoms with Crippen LogP contribution in [0.5, 0.6) is 0 Å². The fourth-order valence-corrected chi connectivity index (χ4v) is 4.60. The Bertz CT molecular complexity index is 1080. The minimum Gasteiger partial charge on any atom is -0.442 e. The van der Waals surface area contributed by atoms with Crippen molar-refractivity contribution in [2.45, 2.75) is 23.1 Å². The Kier molecular flexibility index (Phi) is 6.47. The molecular formula is C21H19FN4O3S2. The van der Waals surface area contributed by atoms with Crippen molar-refractivity contribution in [2.24, 2.45) is 0 Å². The molecule has 3 aromatic rings. The Morgan fingerprint density at radius 2 is 2.13 bits per heavy atom. The van der Waals surface area contributed by atoms with Crippen LogP contribution in [0.2, 0.25) is 0 Å². The average molecular weight is 459 g/mol. The first-order valence-electron chi connectivity index (χ1n) is 9.50. The summed E-state index contributed by atoms with van der Waals surface area (Å²) in [7, 11) is 0. The second-order valence-corrected chi connectivity index (χ2v) is 8.96. The van der Waals surface area contributed by atoms with Crippen LogP contribution in [-0.4, -0.2) is 41.4 Å². The standard InChI is InChI=1S/C21H19FN4O3S2/c1-13(27)23-9-17-10-26(21(28)29-17)16-6-7-18(19(22)8-16)15-4-2-14(3-5-15)11-30-20-25-24-12-31-20/h2-8,12,17H,9-11H2,1H3,(H,23,27). The lowest BCUT2D eigenvalue weighted by Gasteiger charge is -2.14. The van der Waals surface area contributed by atoms with Crippen molar-refractivity contribution in [3.63, 3.8) is 0 Å². The monoisotopic (exact) mass is 458 g/mol. The van der Waals surface area contributed by atoms with Crippen molar-refractivity contribution >= 4 is 40.8 Å². The van der Waals surface area contributed by atoms with E-state index < -0.39 is 18.0 Å². The van der Waals surface area contributed by atoms with E-state index in [1.165, 1.54) is 29.2 Å². The number of nitrogens with one attached hydrogen (secondary N) is 1. The van der Waals surface area contributed by atoms with E-state index in [0.29, 0.717) is 11.3 Å². The van der Waals surface area contributed by atoms with Crippen LogP contribution in [0.25, 0.3) is 11.1 Å². The van der Waals surface area contributed by atoms with Gasteiger partial charge in [0, 0.05) is 18.2 Å². The topological polar surface area (TPSA) is 84.4 Å². The van der Waals surface area contributed by atoms with E-state index in [2.05, 4.69) is 15.5 Å². The van der Waals surface area contributed by atoms with Gasteiger partial charge in [0.1, 0.15) is 17.4 Å². The van der Waals surface area contributed by atoms with Gasteiger partial charge in [0.05, 0.1) is 18.8 Å². The van der Waals surface area contributed by atoms with Crippen molar-refractivity contribution < 1.29 is 18.7 Å². The fraction of sp³-hybridized carbons (Fsp3) is 0.238. The number of ether oxygens (including phenoxy) is 1. The Morgan fingerprint density at radius 1 is 1.32 bits per heavy atom. The molecule has 4 rings (SSSR count). The molecule has 160 valence electrons. The van der Waals surface area contributed by atoms with Crippen molar-refractivity contribution in [3.05, 3.63) is 59.4 Å². The zero-order valence-electron chi connectivity index (χ0n) is 16.6. The molecule has 1 saturated heterocycles. The Balaban J connectivity index is 1.42. The predicted octanol–water partition coefficient (Wildman–Crippen LogP) is 4.10. The molecule has 2 aromatic carbocycles. The van der Waals surface area contributed by atoms with Gasteiger partial charge in [-0.25, -0.2) is 9.18 Å². The number of hydrogen-bond donors (Lipinski definition) is 1. The van der Waals surface area contributed by atoms with Gasteiger partial charge in [0.2, 0.25) is 5.91 Å². The average Bonchev–Trinajstić information content (AvgIpc) is 3.41. The SMILES string of the molecule is CC(=O)NCC1CN(c2ccc(-c3ccc(CSc4nncs4)cc3)c(F)c2)C(=O)O1. The Labute approximate surface area is 186 Å². The molecule has 0 bridgehead atoms. The normalized spacial score (nSPS) is 15.7. The highest BCUT2D eigenvalue weighted by atomic mass is 32.2. The van der Waals surface area contributed by atoms with Gasteiger partial charge in [0.15, 0.2) is 4.34 Å². The van der Waals surface area contributed by atoms with Crippen LogP contribution in [0, 0.1) is 5.82 Å². The van der Waals surface area contributed by atoms with E-state index in [-0.39, 0.29) is 19.0 Å². The molecule has 1 aliphatic rings. The van der Waals surface area contributed by atoms with Gasteiger partial charge >= 0.3 is 6.09 Å². The van der Waals surface area contributed by atoms with Crippen LogP contribution in [0.3, 0.4) is 0 Å². The number of benzene rings is 2. The molecule has 0 spiro atoms. The van der Waals surface area contributed by atoms with Gasteiger partial charge < -0.3 is 10.1 Å². The largest absolute Gasteiger partial charge is 0.442 e. The highest BCUT2D eigenvalue weighted by Crippen LogP contribution is 2.30. The summed E-state index contributed by atoms with van der Waals surface area (Å²) < 4.78 is 21.0.